The Morgan fingerprint density at radius 3 is 2.50 bits per heavy atom. The van der Waals surface area contributed by atoms with Crippen molar-refractivity contribution in [3.05, 3.63) is 70.6 Å². The Morgan fingerprint density at radius 1 is 1.00 bits per heavy atom. The normalized spacial score (nSPS) is 14.3. The van der Waals surface area contributed by atoms with Gasteiger partial charge >= 0.3 is 6.03 Å². The number of H-pyrrole nitrogens is 1. The Kier molecular flexibility index (Phi) is 7.74. The van der Waals surface area contributed by atoms with Crippen LogP contribution in [0.1, 0.15) is 39.4 Å². The van der Waals surface area contributed by atoms with E-state index in [1.807, 2.05) is 30.3 Å². The number of ketones is 1. The molecule has 1 aliphatic heterocycles. The lowest BCUT2D eigenvalue weighted by Gasteiger charge is -2.27. The van der Waals surface area contributed by atoms with E-state index in [2.05, 4.69) is 45.0 Å². The molecule has 1 saturated heterocycles. The average molecular weight is 586 g/mol. The largest absolute Gasteiger partial charge is 0.379 e. The lowest BCUT2D eigenvalue weighted by Crippen LogP contribution is -2.49. The van der Waals surface area contributed by atoms with Gasteiger partial charge in [-0.15, -0.1) is 11.3 Å². The van der Waals surface area contributed by atoms with Crippen molar-refractivity contribution in [2.45, 2.75) is 13.8 Å². The maximum atomic E-state index is 13.7. The van der Waals surface area contributed by atoms with Gasteiger partial charge < -0.3 is 20.3 Å². The highest BCUT2D eigenvalue weighted by molar-refractivity contribution is 7.17. The van der Waals surface area contributed by atoms with E-state index >= 15 is 0 Å². The number of benzene rings is 2. The number of carbonyl (C=O) groups is 3. The van der Waals surface area contributed by atoms with E-state index < -0.39 is 6.03 Å². The molecule has 0 unspecified atom stereocenters. The minimum absolute atomic E-state index is 0.235. The maximum absolute atomic E-state index is 13.7. The third-order valence-electron chi connectivity index (χ3n) is 7.39. The predicted octanol–water partition coefficient (Wildman–Crippen LogP) is 4.82. The molecule has 2 aromatic carbocycles. The van der Waals surface area contributed by atoms with E-state index in [0.29, 0.717) is 75.5 Å². The number of carbonyl (C=O) groups excluding carboxylic acids is 3. The summed E-state index contributed by atoms with van der Waals surface area (Å²) in [4.78, 5) is 42.8. The number of ether oxygens (including phenoxy) is 1. The second-order valence-electron chi connectivity index (χ2n) is 9.88. The fourth-order valence-electron chi connectivity index (χ4n) is 5.26. The van der Waals surface area contributed by atoms with Crippen molar-refractivity contribution in [3.8, 4) is 21.8 Å². The summed E-state index contributed by atoms with van der Waals surface area (Å²) in [6.45, 7) is 8.29. The zero-order chi connectivity index (χ0) is 29.2. The minimum Gasteiger partial charge on any atom is -0.379 e. The fourth-order valence-corrected chi connectivity index (χ4v) is 6.16. The predicted molar refractivity (Wildman–Crippen MR) is 163 cm³/mol. The maximum Gasteiger partial charge on any atom is 0.333 e. The average Bonchev–Trinajstić information content (AvgIpc) is 3.72. The molecule has 42 heavy (non-hydrogen) atoms. The van der Waals surface area contributed by atoms with Gasteiger partial charge in [-0.05, 0) is 56.3 Å². The van der Waals surface area contributed by atoms with E-state index in [1.165, 1.54) is 11.3 Å². The van der Waals surface area contributed by atoms with Crippen molar-refractivity contribution in [3.63, 3.8) is 0 Å². The van der Waals surface area contributed by atoms with E-state index in [1.54, 1.807) is 29.3 Å². The number of fused-ring (bicyclic) bond motifs is 3. The summed E-state index contributed by atoms with van der Waals surface area (Å²) < 4.78 is 5.32. The van der Waals surface area contributed by atoms with E-state index in [-0.39, 0.29) is 11.7 Å². The molecular weight excluding hydrogens is 554 g/mol. The molecule has 0 atom stereocenters. The van der Waals surface area contributed by atoms with Crippen molar-refractivity contribution in [1.82, 2.24) is 20.6 Å². The van der Waals surface area contributed by atoms with Gasteiger partial charge in [0, 0.05) is 43.1 Å². The first-order chi connectivity index (χ1) is 20.5. The lowest BCUT2D eigenvalue weighted by atomic mass is 10.1. The van der Waals surface area contributed by atoms with Crippen LogP contribution in [0.3, 0.4) is 0 Å². The zero-order valence-electron chi connectivity index (χ0n) is 23.3. The summed E-state index contributed by atoms with van der Waals surface area (Å²) in [6.07, 6.45) is 0. The Morgan fingerprint density at radius 2 is 1.76 bits per heavy atom. The summed E-state index contributed by atoms with van der Waals surface area (Å²) in [5.74, 6) is -0.472. The van der Waals surface area contributed by atoms with Crippen LogP contribution in [-0.4, -0.2) is 72.3 Å². The van der Waals surface area contributed by atoms with Crippen LogP contribution in [0.4, 0.5) is 21.9 Å². The zero-order valence-corrected chi connectivity index (χ0v) is 24.1. The number of anilines is 3. The summed E-state index contributed by atoms with van der Waals surface area (Å²) in [7, 11) is 0. The van der Waals surface area contributed by atoms with Crippen LogP contribution in [0, 0.1) is 0 Å². The molecule has 0 bridgehead atoms. The molecule has 1 aliphatic carbocycles. The van der Waals surface area contributed by atoms with Crippen LogP contribution in [0.25, 0.3) is 21.8 Å². The molecular formula is C30H31N7O4S. The number of aromatic amines is 1. The summed E-state index contributed by atoms with van der Waals surface area (Å²) in [5.41, 5.74) is 7.59. The van der Waals surface area contributed by atoms with Crippen LogP contribution in [0.5, 0.6) is 0 Å². The van der Waals surface area contributed by atoms with E-state index in [4.69, 9.17) is 4.74 Å². The molecule has 0 spiro atoms. The second-order valence-corrected chi connectivity index (χ2v) is 11.0. The fraction of sp³-hybridized carbons (Fsp3) is 0.267. The third kappa shape index (κ3) is 5.27. The Hall–Kier alpha value is -4.52. The first-order valence-corrected chi connectivity index (χ1v) is 14.7. The van der Waals surface area contributed by atoms with Gasteiger partial charge in [0.25, 0.3) is 5.91 Å². The highest BCUT2D eigenvalue weighted by atomic mass is 32.1. The van der Waals surface area contributed by atoms with Gasteiger partial charge in [-0.1, -0.05) is 12.1 Å². The smallest absolute Gasteiger partial charge is 0.333 e. The van der Waals surface area contributed by atoms with Crippen LogP contribution < -0.4 is 21.0 Å². The molecule has 0 radical (unpaired) electrons. The van der Waals surface area contributed by atoms with Crippen molar-refractivity contribution in [2.24, 2.45) is 0 Å². The molecule has 6 rings (SSSR count). The van der Waals surface area contributed by atoms with Gasteiger partial charge in [0.15, 0.2) is 5.78 Å². The van der Waals surface area contributed by atoms with Gasteiger partial charge in [-0.25, -0.2) is 9.80 Å². The summed E-state index contributed by atoms with van der Waals surface area (Å²) in [6, 6.07) is 16.2. The SMILES string of the molecule is CCN(CC)c1ccc(NC(=O)c2ccc(-c3n[nH]c4c3C(=O)c3c(NC(=O)NN5CCOCC5)cccc3-4)s2)cc1. The van der Waals surface area contributed by atoms with Crippen LogP contribution >= 0.6 is 11.3 Å². The minimum atomic E-state index is -0.427. The number of hydrogen-bond acceptors (Lipinski definition) is 8. The Bertz CT molecular complexity index is 1640. The number of morpholine rings is 1. The van der Waals surface area contributed by atoms with E-state index in [9.17, 15) is 14.4 Å². The number of aromatic nitrogens is 2. The molecule has 1 fully saturated rings. The molecule has 2 aromatic heterocycles. The molecule has 12 heteroatoms. The first-order valence-electron chi connectivity index (χ1n) is 13.9. The molecule has 3 heterocycles. The van der Waals surface area contributed by atoms with Crippen LogP contribution in [0.15, 0.2) is 54.6 Å². The first kappa shape index (κ1) is 27.6. The Labute approximate surface area is 246 Å². The topological polar surface area (TPSA) is 132 Å². The van der Waals surface area contributed by atoms with Crippen molar-refractivity contribution in [1.29, 1.82) is 0 Å². The lowest BCUT2D eigenvalue weighted by molar-refractivity contribution is 0.0207. The molecule has 2 aliphatic rings. The number of nitrogens with one attached hydrogen (secondary N) is 4. The van der Waals surface area contributed by atoms with Gasteiger partial charge in [0.1, 0.15) is 5.69 Å². The molecule has 4 aromatic rings. The van der Waals surface area contributed by atoms with Crippen molar-refractivity contribution in [2.75, 3.05) is 54.9 Å². The second kappa shape index (κ2) is 11.8. The van der Waals surface area contributed by atoms with Crippen molar-refractivity contribution >= 4 is 46.1 Å². The number of urea groups is 1. The number of thiophene rings is 1. The molecule has 3 amide bonds. The quantitative estimate of drug-likeness (QED) is 0.205. The monoisotopic (exact) mass is 585 g/mol. The molecule has 11 nitrogen and oxygen atoms in total. The number of rotatable bonds is 8. The highest BCUT2D eigenvalue weighted by Gasteiger charge is 2.35. The molecule has 0 saturated carbocycles. The van der Waals surface area contributed by atoms with Gasteiger partial charge in [-0.3, -0.25) is 20.1 Å². The summed E-state index contributed by atoms with van der Waals surface area (Å²) >= 11 is 1.26. The van der Waals surface area contributed by atoms with E-state index in [0.717, 1.165) is 18.8 Å². The number of hydrazine groups is 1. The molecule has 4 N–H and O–H groups in total. The van der Waals surface area contributed by atoms with Gasteiger partial charge in [0.2, 0.25) is 0 Å². The molecule has 216 valence electrons. The number of nitrogens with zero attached hydrogens (tertiary/aromatic N) is 3. The van der Waals surface area contributed by atoms with Crippen molar-refractivity contribution < 1.29 is 19.1 Å². The van der Waals surface area contributed by atoms with Crippen LogP contribution in [0.2, 0.25) is 0 Å². The Balaban J connectivity index is 1.18. The van der Waals surface area contributed by atoms with Gasteiger partial charge in [0.05, 0.1) is 45.5 Å². The number of hydrogen-bond donors (Lipinski definition) is 4. The van der Waals surface area contributed by atoms with Gasteiger partial charge in [-0.2, -0.15) is 5.10 Å². The standard InChI is InChI=1S/C30H31N7O4S/c1-3-36(4-2)19-10-8-18(9-11-19)31-29(39)23-13-12-22(42-23)27-25-26(33-34-27)20-6-5-7-21(24(20)28(25)38)32-30(40)35-37-14-16-41-17-15-37/h5-13H,3-4,14-17H2,1-2H3,(H,31,39)(H,33,34)(H2,32,35,40). The summed E-state index contributed by atoms with van der Waals surface area (Å²) in [5, 5.41) is 15.0. The number of amides is 3. The third-order valence-corrected chi connectivity index (χ3v) is 8.48. The highest BCUT2D eigenvalue weighted by Crippen LogP contribution is 2.44. The van der Waals surface area contributed by atoms with Crippen LogP contribution in [-0.2, 0) is 4.74 Å².